The van der Waals surface area contributed by atoms with E-state index in [4.69, 9.17) is 18.9 Å². The van der Waals surface area contributed by atoms with E-state index in [1.165, 1.54) is 18.1 Å². The second-order valence-electron chi connectivity index (χ2n) is 10.7. The molecule has 42 heavy (non-hydrogen) atoms. The summed E-state index contributed by atoms with van der Waals surface area (Å²) in [6, 6.07) is 8.78. The van der Waals surface area contributed by atoms with Crippen LogP contribution in [0.4, 0.5) is 8.78 Å². The van der Waals surface area contributed by atoms with Crippen molar-refractivity contribution in [1.29, 1.82) is 0 Å². The van der Waals surface area contributed by atoms with E-state index >= 15 is 0 Å². The number of carbonyl (C=O) groups excluding carboxylic acids is 2. The fourth-order valence-electron chi connectivity index (χ4n) is 5.25. The first-order valence-corrected chi connectivity index (χ1v) is 14.1. The number of rotatable bonds is 13. The number of β-amino-alcohol motifs (C(OH)–C–C–N with tert-alkyl or cyclic N) is 1. The molecule has 4 rings (SSSR count). The fourth-order valence-corrected chi connectivity index (χ4v) is 5.25. The van der Waals surface area contributed by atoms with Gasteiger partial charge in [-0.3, -0.25) is 14.5 Å². The average molecular weight is 592 g/mol. The lowest BCUT2D eigenvalue weighted by Crippen LogP contribution is -2.52. The fraction of sp³-hybridized carbons (Fsp3) is 0.533. The first-order valence-electron chi connectivity index (χ1n) is 14.1. The number of likely N-dealkylation sites (tertiary alicyclic amines) is 1. The van der Waals surface area contributed by atoms with Gasteiger partial charge in [0, 0.05) is 58.9 Å². The Balaban J connectivity index is 1.40. The van der Waals surface area contributed by atoms with Crippen LogP contribution in [0.5, 0.6) is 17.2 Å². The van der Waals surface area contributed by atoms with Crippen molar-refractivity contribution in [2.24, 2.45) is 0 Å². The Bertz CT molecular complexity index is 1230. The first kappa shape index (κ1) is 31.5. The van der Waals surface area contributed by atoms with Crippen molar-refractivity contribution in [3.8, 4) is 17.2 Å². The molecule has 2 saturated heterocycles. The van der Waals surface area contributed by atoms with Gasteiger partial charge in [0.2, 0.25) is 11.8 Å². The van der Waals surface area contributed by atoms with Crippen LogP contribution in [0.1, 0.15) is 24.8 Å². The smallest absolute Gasteiger partial charge is 0.248 e. The zero-order valence-electron chi connectivity index (χ0n) is 24.2. The maximum absolute atomic E-state index is 13.7. The number of ether oxygens (including phenoxy) is 4. The summed E-state index contributed by atoms with van der Waals surface area (Å²) in [4.78, 5) is 29.8. The standard InChI is InChI=1S/C30H39F2N3O7/c1-39-18-29(37)35-13-12-33(19-30(38,20-35)21-42-23-7-8-24(31)25(32)16-23)17-22-6-9-26(27(15-22)40-2)41-14-4-11-34-10-3-5-28(34)36/h6-9,15-16,38H,3-5,10-14,17-21H2,1-2H3/t30-/m1/s1. The first-order chi connectivity index (χ1) is 20.2. The molecule has 230 valence electrons. The van der Waals surface area contributed by atoms with Gasteiger partial charge < -0.3 is 33.9 Å². The summed E-state index contributed by atoms with van der Waals surface area (Å²) in [6.45, 7) is 2.94. The van der Waals surface area contributed by atoms with Crippen molar-refractivity contribution in [3.05, 3.63) is 53.6 Å². The Morgan fingerprint density at radius 2 is 1.83 bits per heavy atom. The van der Waals surface area contributed by atoms with Gasteiger partial charge in [0.25, 0.3) is 0 Å². The number of carbonyl (C=O) groups is 2. The molecule has 0 aromatic heterocycles. The van der Waals surface area contributed by atoms with Crippen LogP contribution < -0.4 is 14.2 Å². The normalized spacial score (nSPS) is 19.6. The largest absolute Gasteiger partial charge is 0.493 e. The number of amides is 2. The molecule has 0 unspecified atom stereocenters. The molecular weight excluding hydrogens is 552 g/mol. The van der Waals surface area contributed by atoms with Gasteiger partial charge in [0.05, 0.1) is 20.3 Å². The third-order valence-corrected chi connectivity index (χ3v) is 7.34. The predicted octanol–water partition coefficient (Wildman–Crippen LogP) is 2.47. The van der Waals surface area contributed by atoms with Crippen molar-refractivity contribution >= 4 is 11.8 Å². The topological polar surface area (TPSA) is 101 Å². The van der Waals surface area contributed by atoms with E-state index in [0.717, 1.165) is 30.7 Å². The Labute approximate surface area is 244 Å². The van der Waals surface area contributed by atoms with E-state index in [-0.39, 0.29) is 43.9 Å². The summed E-state index contributed by atoms with van der Waals surface area (Å²) >= 11 is 0. The van der Waals surface area contributed by atoms with Gasteiger partial charge in [-0.25, -0.2) is 8.78 Å². The van der Waals surface area contributed by atoms with E-state index in [9.17, 15) is 23.5 Å². The van der Waals surface area contributed by atoms with Crippen LogP contribution in [-0.4, -0.2) is 111 Å². The highest BCUT2D eigenvalue weighted by Crippen LogP contribution is 2.29. The number of nitrogens with zero attached hydrogens (tertiary/aromatic N) is 3. The molecular formula is C30H39F2N3O7. The molecule has 2 aromatic carbocycles. The number of hydrogen-bond donors (Lipinski definition) is 1. The minimum Gasteiger partial charge on any atom is -0.493 e. The van der Waals surface area contributed by atoms with E-state index < -0.39 is 17.2 Å². The van der Waals surface area contributed by atoms with Crippen molar-refractivity contribution in [1.82, 2.24) is 14.7 Å². The molecule has 10 nitrogen and oxygen atoms in total. The van der Waals surface area contributed by atoms with Crippen LogP contribution in [0.15, 0.2) is 36.4 Å². The molecule has 2 aliphatic rings. The van der Waals surface area contributed by atoms with Crippen LogP contribution in [0.3, 0.4) is 0 Å². The van der Waals surface area contributed by atoms with Crippen molar-refractivity contribution in [3.63, 3.8) is 0 Å². The molecule has 12 heteroatoms. The lowest BCUT2D eigenvalue weighted by Gasteiger charge is -2.33. The molecule has 2 amide bonds. The lowest BCUT2D eigenvalue weighted by molar-refractivity contribution is -0.138. The maximum atomic E-state index is 13.7. The van der Waals surface area contributed by atoms with Crippen LogP contribution in [0.25, 0.3) is 0 Å². The van der Waals surface area contributed by atoms with Gasteiger partial charge in [-0.05, 0) is 42.7 Å². The molecule has 2 heterocycles. The lowest BCUT2D eigenvalue weighted by atomic mass is 10.0. The van der Waals surface area contributed by atoms with Gasteiger partial charge in [-0.1, -0.05) is 6.07 Å². The average Bonchev–Trinajstić information content (AvgIpc) is 3.30. The zero-order chi connectivity index (χ0) is 30.1. The molecule has 0 bridgehead atoms. The highest BCUT2D eigenvalue weighted by molar-refractivity contribution is 5.78. The molecule has 0 spiro atoms. The molecule has 1 atom stereocenters. The van der Waals surface area contributed by atoms with Gasteiger partial charge in [-0.15, -0.1) is 0 Å². The SMILES string of the molecule is COCC(=O)N1CCN(Cc2ccc(OCCCN3CCCC3=O)c(OC)c2)C[C@](O)(COc2ccc(F)c(F)c2)C1. The van der Waals surface area contributed by atoms with E-state index in [0.29, 0.717) is 57.1 Å². The van der Waals surface area contributed by atoms with Crippen molar-refractivity contribution in [2.75, 3.05) is 73.3 Å². The predicted molar refractivity (Wildman–Crippen MR) is 149 cm³/mol. The van der Waals surface area contributed by atoms with Crippen LogP contribution >= 0.6 is 0 Å². The molecule has 0 saturated carbocycles. The summed E-state index contributed by atoms with van der Waals surface area (Å²) in [7, 11) is 2.99. The van der Waals surface area contributed by atoms with E-state index in [2.05, 4.69) is 0 Å². The number of aliphatic hydroxyl groups is 1. The van der Waals surface area contributed by atoms with E-state index in [1.54, 1.807) is 7.11 Å². The van der Waals surface area contributed by atoms with Gasteiger partial charge in [0.15, 0.2) is 23.1 Å². The van der Waals surface area contributed by atoms with Gasteiger partial charge >= 0.3 is 0 Å². The van der Waals surface area contributed by atoms with Crippen LogP contribution in [0.2, 0.25) is 0 Å². The second-order valence-corrected chi connectivity index (χ2v) is 10.7. The molecule has 1 N–H and O–H groups in total. The summed E-state index contributed by atoms with van der Waals surface area (Å²) in [5.74, 6) is -0.904. The second kappa shape index (κ2) is 14.6. The quantitative estimate of drug-likeness (QED) is 0.355. The molecule has 0 radical (unpaired) electrons. The summed E-state index contributed by atoms with van der Waals surface area (Å²) in [5, 5.41) is 11.6. The molecule has 2 fully saturated rings. The molecule has 0 aliphatic carbocycles. The minimum atomic E-state index is -1.51. The maximum Gasteiger partial charge on any atom is 0.248 e. The number of halogens is 2. The number of hydrogen-bond acceptors (Lipinski definition) is 8. The van der Waals surface area contributed by atoms with Crippen LogP contribution in [0, 0.1) is 11.6 Å². The monoisotopic (exact) mass is 591 g/mol. The van der Waals surface area contributed by atoms with Crippen molar-refractivity contribution in [2.45, 2.75) is 31.4 Å². The number of methoxy groups -OCH3 is 2. The Hall–Kier alpha value is -3.48. The molecule has 2 aromatic rings. The number of benzene rings is 2. The summed E-state index contributed by atoms with van der Waals surface area (Å²) < 4.78 is 49.2. The van der Waals surface area contributed by atoms with Crippen LogP contribution in [-0.2, 0) is 20.9 Å². The van der Waals surface area contributed by atoms with Crippen molar-refractivity contribution < 1.29 is 42.4 Å². The third kappa shape index (κ3) is 8.52. The minimum absolute atomic E-state index is 0.0194. The Morgan fingerprint density at radius 1 is 1.00 bits per heavy atom. The Morgan fingerprint density at radius 3 is 2.55 bits per heavy atom. The summed E-state index contributed by atoms with van der Waals surface area (Å²) in [5.41, 5.74) is -0.600. The molecule has 2 aliphatic heterocycles. The Kier molecular flexibility index (Phi) is 10.9. The third-order valence-electron chi connectivity index (χ3n) is 7.34. The van der Waals surface area contributed by atoms with Gasteiger partial charge in [-0.2, -0.15) is 0 Å². The highest BCUT2D eigenvalue weighted by atomic mass is 19.2. The van der Waals surface area contributed by atoms with E-state index in [1.807, 2.05) is 28.0 Å². The van der Waals surface area contributed by atoms with Gasteiger partial charge in [0.1, 0.15) is 24.6 Å². The zero-order valence-corrected chi connectivity index (χ0v) is 24.2. The highest BCUT2D eigenvalue weighted by Gasteiger charge is 2.37. The summed E-state index contributed by atoms with van der Waals surface area (Å²) in [6.07, 6.45) is 2.24.